The standard InChI is InChI=1S/C32H49N3O6Si/c1-11-27(29-23(3)21-35(30(29)33-7)22-38-16-17-42(8,9)10)40-26-15-13-14-24(18-26)25(19-28(36)39-12-2)20-34-31(37)41-32(4,5)6/h11,13-15,18,21,25H,7,12,16-17,19-20,22H2,1-6,8-10H3,(H,34,37)/b27-11+. The summed E-state index contributed by atoms with van der Waals surface area (Å²) in [5.74, 6) is 1.18. The molecule has 0 radical (unpaired) electrons. The van der Waals surface area contributed by atoms with Crippen LogP contribution in [0, 0.1) is 6.92 Å². The highest BCUT2D eigenvalue weighted by Gasteiger charge is 2.23. The molecule has 2 aromatic rings. The van der Waals surface area contributed by atoms with Crippen molar-refractivity contribution in [2.24, 2.45) is 4.99 Å². The molecule has 1 aromatic heterocycles. The van der Waals surface area contributed by atoms with Gasteiger partial charge in [-0.05, 0) is 83.6 Å². The number of carbonyl (C=O) groups is 2. The molecule has 2 rings (SSSR count). The number of alkyl carbamates (subject to hydrolysis) is 1. The zero-order valence-corrected chi connectivity index (χ0v) is 27.8. The first-order valence-electron chi connectivity index (χ1n) is 14.5. The summed E-state index contributed by atoms with van der Waals surface area (Å²) in [4.78, 5) is 29.1. The maximum Gasteiger partial charge on any atom is 0.407 e. The molecule has 10 heteroatoms. The van der Waals surface area contributed by atoms with Crippen LogP contribution >= 0.6 is 0 Å². The van der Waals surface area contributed by atoms with Gasteiger partial charge in [0.25, 0.3) is 0 Å². The lowest BCUT2D eigenvalue weighted by Crippen LogP contribution is -2.35. The van der Waals surface area contributed by atoms with E-state index in [1.165, 1.54) is 0 Å². The van der Waals surface area contributed by atoms with E-state index in [-0.39, 0.29) is 31.5 Å². The van der Waals surface area contributed by atoms with Crippen LogP contribution in [0.2, 0.25) is 25.7 Å². The van der Waals surface area contributed by atoms with Crippen LogP contribution in [0.15, 0.2) is 41.5 Å². The monoisotopic (exact) mass is 599 g/mol. The zero-order chi connectivity index (χ0) is 31.5. The lowest BCUT2D eigenvalue weighted by molar-refractivity contribution is -0.143. The Morgan fingerprint density at radius 3 is 2.52 bits per heavy atom. The molecule has 1 N–H and O–H groups in total. The Hall–Kier alpha value is -3.37. The first-order chi connectivity index (χ1) is 19.7. The van der Waals surface area contributed by atoms with Crippen LogP contribution in [0.4, 0.5) is 10.6 Å². The zero-order valence-electron chi connectivity index (χ0n) is 26.8. The van der Waals surface area contributed by atoms with Gasteiger partial charge >= 0.3 is 12.1 Å². The van der Waals surface area contributed by atoms with E-state index in [1.54, 1.807) is 27.7 Å². The molecule has 0 aliphatic rings. The molecule has 1 aromatic carbocycles. The number of aryl methyl sites for hydroxylation is 1. The normalized spacial score (nSPS) is 12.9. The molecular formula is C32H49N3O6Si. The van der Waals surface area contributed by atoms with Crippen LogP contribution in [0.25, 0.3) is 5.76 Å². The van der Waals surface area contributed by atoms with Gasteiger partial charge in [-0.1, -0.05) is 31.8 Å². The molecule has 0 saturated carbocycles. The number of esters is 1. The van der Waals surface area contributed by atoms with Crippen molar-refractivity contribution in [2.45, 2.75) is 91.9 Å². The summed E-state index contributed by atoms with van der Waals surface area (Å²) in [5, 5.41) is 2.78. The van der Waals surface area contributed by atoms with E-state index in [9.17, 15) is 9.59 Å². The number of nitrogens with one attached hydrogen (secondary N) is 1. The van der Waals surface area contributed by atoms with Crippen LogP contribution < -0.4 is 10.1 Å². The highest BCUT2D eigenvalue weighted by molar-refractivity contribution is 6.76. The third-order valence-electron chi connectivity index (χ3n) is 6.29. The highest BCUT2D eigenvalue weighted by Crippen LogP contribution is 2.34. The van der Waals surface area contributed by atoms with E-state index in [1.807, 2.05) is 55.0 Å². The van der Waals surface area contributed by atoms with Crippen LogP contribution in [0.1, 0.15) is 63.6 Å². The Bertz CT molecular complexity index is 1240. The molecule has 1 amide bonds. The van der Waals surface area contributed by atoms with Gasteiger partial charge in [-0.3, -0.25) is 4.79 Å². The summed E-state index contributed by atoms with van der Waals surface area (Å²) in [5.41, 5.74) is 2.01. The molecule has 1 unspecified atom stereocenters. The molecular weight excluding hydrogens is 550 g/mol. The van der Waals surface area contributed by atoms with Gasteiger partial charge in [0.05, 0.1) is 18.6 Å². The van der Waals surface area contributed by atoms with Crippen molar-refractivity contribution in [3.8, 4) is 5.75 Å². The van der Waals surface area contributed by atoms with Crippen molar-refractivity contribution < 1.29 is 28.5 Å². The number of rotatable bonds is 15. The van der Waals surface area contributed by atoms with Gasteiger partial charge in [-0.25, -0.2) is 9.79 Å². The van der Waals surface area contributed by atoms with Crippen LogP contribution in [0.3, 0.4) is 0 Å². The minimum atomic E-state index is -1.19. The maximum atomic E-state index is 12.4. The average molecular weight is 600 g/mol. The van der Waals surface area contributed by atoms with Gasteiger partial charge in [0.15, 0.2) is 0 Å². The van der Waals surface area contributed by atoms with Crippen molar-refractivity contribution in [1.82, 2.24) is 9.88 Å². The molecule has 9 nitrogen and oxygen atoms in total. The number of hydrogen-bond acceptors (Lipinski definition) is 7. The topological polar surface area (TPSA) is 100 Å². The fourth-order valence-corrected chi connectivity index (χ4v) is 5.01. The number of allylic oxidation sites excluding steroid dienone is 1. The first kappa shape index (κ1) is 34.8. The largest absolute Gasteiger partial charge is 0.466 e. The lowest BCUT2D eigenvalue weighted by atomic mass is 9.95. The SMILES string of the molecule is C=Nc1c(/C(=C\C)Oc2cccc(C(CNC(=O)OC(C)(C)C)CC(=O)OCC)c2)c(C)cn1COCC[Si](C)(C)C. The predicted octanol–water partition coefficient (Wildman–Crippen LogP) is 7.44. The number of nitrogens with zero attached hydrogens (tertiary/aromatic N) is 2. The van der Waals surface area contributed by atoms with Crippen LogP contribution in [-0.2, 0) is 25.7 Å². The Morgan fingerprint density at radius 1 is 1.21 bits per heavy atom. The van der Waals surface area contributed by atoms with Crippen LogP contribution in [0.5, 0.6) is 5.75 Å². The van der Waals surface area contributed by atoms with E-state index in [0.717, 1.165) is 22.7 Å². The molecule has 0 aliphatic carbocycles. The minimum Gasteiger partial charge on any atom is -0.466 e. The van der Waals surface area contributed by atoms with Crippen molar-refractivity contribution in [3.63, 3.8) is 0 Å². The Morgan fingerprint density at radius 2 is 1.93 bits per heavy atom. The molecule has 0 saturated heterocycles. The molecule has 0 bridgehead atoms. The third-order valence-corrected chi connectivity index (χ3v) is 8.00. The Kier molecular flexibility index (Phi) is 13.1. The molecule has 232 valence electrons. The second-order valence-electron chi connectivity index (χ2n) is 12.4. The quantitative estimate of drug-likeness (QED) is 0.0751. The lowest BCUT2D eigenvalue weighted by Gasteiger charge is -2.22. The molecule has 0 fully saturated rings. The average Bonchev–Trinajstić information content (AvgIpc) is 3.21. The van der Waals surface area contributed by atoms with E-state index in [4.69, 9.17) is 18.9 Å². The second-order valence-corrected chi connectivity index (χ2v) is 18.0. The number of amides is 1. The second kappa shape index (κ2) is 15.7. The van der Waals surface area contributed by atoms with E-state index in [0.29, 0.717) is 30.7 Å². The fraction of sp³-hybridized carbons (Fsp3) is 0.531. The smallest absolute Gasteiger partial charge is 0.407 e. The molecule has 1 heterocycles. The number of aromatic nitrogens is 1. The summed E-state index contributed by atoms with van der Waals surface area (Å²) in [6.07, 6.45) is 3.43. The van der Waals surface area contributed by atoms with Gasteiger partial charge in [-0.2, -0.15) is 0 Å². The number of benzene rings is 1. The van der Waals surface area contributed by atoms with Crippen molar-refractivity contribution >= 4 is 38.4 Å². The summed E-state index contributed by atoms with van der Waals surface area (Å²) < 4.78 is 24.9. The molecule has 42 heavy (non-hydrogen) atoms. The summed E-state index contributed by atoms with van der Waals surface area (Å²) >= 11 is 0. The van der Waals surface area contributed by atoms with Gasteiger partial charge in [0.1, 0.15) is 29.7 Å². The number of aliphatic imine (C=N–C) groups is 1. The number of hydrogen-bond donors (Lipinski definition) is 1. The van der Waals surface area contributed by atoms with Gasteiger partial charge in [0.2, 0.25) is 0 Å². The van der Waals surface area contributed by atoms with Crippen molar-refractivity contribution in [2.75, 3.05) is 19.8 Å². The predicted molar refractivity (Wildman–Crippen MR) is 171 cm³/mol. The van der Waals surface area contributed by atoms with Gasteiger partial charge in [-0.15, -0.1) is 0 Å². The van der Waals surface area contributed by atoms with E-state index < -0.39 is 19.8 Å². The Labute approximate surface area is 252 Å². The summed E-state index contributed by atoms with van der Waals surface area (Å²) in [6, 6.07) is 8.57. The number of ether oxygens (including phenoxy) is 4. The van der Waals surface area contributed by atoms with Crippen molar-refractivity contribution in [3.05, 3.63) is 53.2 Å². The third kappa shape index (κ3) is 11.5. The molecule has 0 spiro atoms. The summed E-state index contributed by atoms with van der Waals surface area (Å²) in [7, 11) is -1.19. The van der Waals surface area contributed by atoms with E-state index in [2.05, 4.69) is 36.7 Å². The summed E-state index contributed by atoms with van der Waals surface area (Å²) in [6.45, 7) is 23.4. The van der Waals surface area contributed by atoms with Gasteiger partial charge < -0.3 is 28.8 Å². The molecule has 1 atom stereocenters. The van der Waals surface area contributed by atoms with Crippen molar-refractivity contribution in [1.29, 1.82) is 0 Å². The fourth-order valence-electron chi connectivity index (χ4n) is 4.26. The van der Waals surface area contributed by atoms with Crippen LogP contribution in [-0.4, -0.2) is 56.8 Å². The highest BCUT2D eigenvalue weighted by atomic mass is 28.3. The first-order valence-corrected chi connectivity index (χ1v) is 18.2. The van der Waals surface area contributed by atoms with E-state index >= 15 is 0 Å². The number of carbonyl (C=O) groups excluding carboxylic acids is 2. The maximum absolute atomic E-state index is 12.4. The minimum absolute atomic E-state index is 0.0910. The van der Waals surface area contributed by atoms with Gasteiger partial charge in [0, 0.05) is 33.3 Å². The Balaban J connectivity index is 2.27. The molecule has 0 aliphatic heterocycles.